The monoisotopic (exact) mass is 302 g/mol. The van der Waals surface area contributed by atoms with Gasteiger partial charge in [0.2, 0.25) is 5.91 Å². The molecular formula is C17H19FN2O2. The largest absolute Gasteiger partial charge is 0.494 e. The molecule has 0 atom stereocenters. The van der Waals surface area contributed by atoms with E-state index in [2.05, 4.69) is 10.3 Å². The molecule has 0 unspecified atom stereocenters. The lowest BCUT2D eigenvalue weighted by molar-refractivity contribution is -0.121. The lowest BCUT2D eigenvalue weighted by Gasteiger charge is -2.07. The van der Waals surface area contributed by atoms with Crippen molar-refractivity contribution in [3.63, 3.8) is 0 Å². The topological polar surface area (TPSA) is 51.2 Å². The number of pyridine rings is 1. The Hall–Kier alpha value is -2.43. The Balaban J connectivity index is 1.81. The number of carbonyl (C=O) groups excluding carboxylic acids is 1. The standard InChI is InChI=1S/C17H19FN2O2/c1-12-4-3-5-14(20-12)11-19-17(21)9-7-13-6-8-16(22-2)15(18)10-13/h3-6,8,10H,7,9,11H2,1-2H3,(H,19,21). The minimum absolute atomic E-state index is 0.0838. The number of methoxy groups -OCH3 is 1. The molecule has 1 amide bonds. The highest BCUT2D eigenvalue weighted by atomic mass is 19.1. The SMILES string of the molecule is COc1ccc(CCC(=O)NCc2cccc(C)n2)cc1F. The summed E-state index contributed by atoms with van der Waals surface area (Å²) < 4.78 is 18.4. The number of aryl methyl sites for hydroxylation is 2. The summed E-state index contributed by atoms with van der Waals surface area (Å²) in [5.74, 6) is -0.289. The normalized spacial score (nSPS) is 10.3. The van der Waals surface area contributed by atoms with Crippen molar-refractivity contribution in [2.75, 3.05) is 7.11 Å². The molecule has 2 rings (SSSR count). The van der Waals surface area contributed by atoms with Crippen molar-refractivity contribution >= 4 is 5.91 Å². The van der Waals surface area contributed by atoms with E-state index in [0.29, 0.717) is 19.4 Å². The zero-order chi connectivity index (χ0) is 15.9. The van der Waals surface area contributed by atoms with Crippen molar-refractivity contribution in [3.05, 3.63) is 59.2 Å². The second-order valence-corrected chi connectivity index (χ2v) is 5.02. The first-order chi connectivity index (χ1) is 10.6. The van der Waals surface area contributed by atoms with Gasteiger partial charge in [0.1, 0.15) is 0 Å². The van der Waals surface area contributed by atoms with Gasteiger partial charge in [0, 0.05) is 12.1 Å². The highest BCUT2D eigenvalue weighted by molar-refractivity contribution is 5.76. The number of halogens is 1. The van der Waals surface area contributed by atoms with Gasteiger partial charge < -0.3 is 10.1 Å². The van der Waals surface area contributed by atoms with E-state index < -0.39 is 5.82 Å². The highest BCUT2D eigenvalue weighted by Crippen LogP contribution is 2.18. The van der Waals surface area contributed by atoms with Gasteiger partial charge in [0.05, 0.1) is 19.3 Å². The maximum Gasteiger partial charge on any atom is 0.220 e. The third-order valence-electron chi connectivity index (χ3n) is 3.27. The Bertz CT molecular complexity index is 659. The third-order valence-corrected chi connectivity index (χ3v) is 3.27. The van der Waals surface area contributed by atoms with Crippen LogP contribution >= 0.6 is 0 Å². The van der Waals surface area contributed by atoms with Crippen LogP contribution in [0.2, 0.25) is 0 Å². The lowest BCUT2D eigenvalue weighted by atomic mass is 10.1. The van der Waals surface area contributed by atoms with Crippen LogP contribution in [0, 0.1) is 12.7 Å². The van der Waals surface area contributed by atoms with Gasteiger partial charge in [-0.15, -0.1) is 0 Å². The van der Waals surface area contributed by atoms with E-state index in [4.69, 9.17) is 4.74 Å². The average Bonchev–Trinajstić information content (AvgIpc) is 2.51. The van der Waals surface area contributed by atoms with Crippen molar-refractivity contribution in [1.29, 1.82) is 0 Å². The molecule has 0 radical (unpaired) electrons. The second kappa shape index (κ2) is 7.54. The molecule has 0 saturated carbocycles. The molecule has 0 saturated heterocycles. The second-order valence-electron chi connectivity index (χ2n) is 5.02. The van der Waals surface area contributed by atoms with E-state index in [0.717, 1.165) is 17.0 Å². The van der Waals surface area contributed by atoms with Crippen molar-refractivity contribution < 1.29 is 13.9 Å². The molecular weight excluding hydrogens is 283 g/mol. The number of carbonyl (C=O) groups is 1. The van der Waals surface area contributed by atoms with Gasteiger partial charge in [-0.1, -0.05) is 12.1 Å². The van der Waals surface area contributed by atoms with E-state index >= 15 is 0 Å². The van der Waals surface area contributed by atoms with Gasteiger partial charge in [0.25, 0.3) is 0 Å². The van der Waals surface area contributed by atoms with Crippen LogP contribution < -0.4 is 10.1 Å². The fraction of sp³-hybridized carbons (Fsp3) is 0.294. The molecule has 2 aromatic rings. The van der Waals surface area contributed by atoms with Crippen molar-refractivity contribution in [2.45, 2.75) is 26.3 Å². The van der Waals surface area contributed by atoms with Crippen LogP contribution in [-0.2, 0) is 17.8 Å². The maximum atomic E-state index is 13.5. The molecule has 1 aromatic heterocycles. The van der Waals surface area contributed by atoms with Crippen LogP contribution in [0.15, 0.2) is 36.4 Å². The Kier molecular flexibility index (Phi) is 5.47. The smallest absolute Gasteiger partial charge is 0.220 e. The summed E-state index contributed by atoms with van der Waals surface area (Å²) >= 11 is 0. The molecule has 1 heterocycles. The number of aromatic nitrogens is 1. The highest BCUT2D eigenvalue weighted by Gasteiger charge is 2.06. The van der Waals surface area contributed by atoms with Crippen LogP contribution in [0.4, 0.5) is 4.39 Å². The number of ether oxygens (including phenoxy) is 1. The van der Waals surface area contributed by atoms with Gasteiger partial charge in [-0.25, -0.2) is 4.39 Å². The average molecular weight is 302 g/mol. The minimum Gasteiger partial charge on any atom is -0.494 e. The first-order valence-electron chi connectivity index (χ1n) is 7.10. The van der Waals surface area contributed by atoms with Crippen molar-refractivity contribution in [1.82, 2.24) is 10.3 Å². The summed E-state index contributed by atoms with van der Waals surface area (Å²) in [7, 11) is 1.42. The zero-order valence-electron chi connectivity index (χ0n) is 12.7. The zero-order valence-corrected chi connectivity index (χ0v) is 12.7. The summed E-state index contributed by atoms with van der Waals surface area (Å²) in [5, 5.41) is 2.81. The van der Waals surface area contributed by atoms with Gasteiger partial charge in [-0.2, -0.15) is 0 Å². The lowest BCUT2D eigenvalue weighted by Crippen LogP contribution is -2.23. The van der Waals surface area contributed by atoms with E-state index in [-0.39, 0.29) is 11.7 Å². The minimum atomic E-state index is -0.413. The summed E-state index contributed by atoms with van der Waals surface area (Å²) in [5.41, 5.74) is 2.51. The van der Waals surface area contributed by atoms with Gasteiger partial charge in [0.15, 0.2) is 11.6 Å². The Morgan fingerprint density at radius 3 is 2.82 bits per heavy atom. The molecule has 5 heteroatoms. The Labute approximate surface area is 129 Å². The number of benzene rings is 1. The van der Waals surface area contributed by atoms with E-state index in [9.17, 15) is 9.18 Å². The molecule has 116 valence electrons. The number of amides is 1. The molecule has 0 fully saturated rings. The van der Waals surface area contributed by atoms with E-state index in [1.807, 2.05) is 25.1 Å². The summed E-state index contributed by atoms with van der Waals surface area (Å²) in [6.07, 6.45) is 0.783. The third kappa shape index (κ3) is 4.55. The van der Waals surface area contributed by atoms with Gasteiger partial charge >= 0.3 is 0 Å². The Morgan fingerprint density at radius 2 is 2.14 bits per heavy atom. The van der Waals surface area contributed by atoms with Crippen LogP contribution in [0.25, 0.3) is 0 Å². The molecule has 0 bridgehead atoms. The molecule has 1 N–H and O–H groups in total. The number of hydrogen-bond donors (Lipinski definition) is 1. The van der Waals surface area contributed by atoms with Crippen molar-refractivity contribution in [3.8, 4) is 5.75 Å². The molecule has 0 aliphatic carbocycles. The van der Waals surface area contributed by atoms with Crippen LogP contribution in [-0.4, -0.2) is 18.0 Å². The number of hydrogen-bond acceptors (Lipinski definition) is 3. The van der Waals surface area contributed by atoms with Crippen LogP contribution in [0.1, 0.15) is 23.4 Å². The maximum absolute atomic E-state index is 13.5. The van der Waals surface area contributed by atoms with Gasteiger partial charge in [-0.05, 0) is 43.2 Å². The van der Waals surface area contributed by atoms with Gasteiger partial charge in [-0.3, -0.25) is 9.78 Å². The van der Waals surface area contributed by atoms with Crippen LogP contribution in [0.5, 0.6) is 5.75 Å². The first-order valence-corrected chi connectivity index (χ1v) is 7.10. The molecule has 1 aromatic carbocycles. The summed E-state index contributed by atoms with van der Waals surface area (Å²) in [4.78, 5) is 16.1. The number of rotatable bonds is 6. The first kappa shape index (κ1) is 15.9. The predicted octanol–water partition coefficient (Wildman–Crippen LogP) is 2.79. The van der Waals surface area contributed by atoms with E-state index in [1.165, 1.54) is 13.2 Å². The Morgan fingerprint density at radius 1 is 1.32 bits per heavy atom. The summed E-state index contributed by atoms with van der Waals surface area (Å²) in [6.45, 7) is 2.31. The molecule has 22 heavy (non-hydrogen) atoms. The van der Waals surface area contributed by atoms with Crippen LogP contribution in [0.3, 0.4) is 0 Å². The molecule has 0 spiro atoms. The number of nitrogens with one attached hydrogen (secondary N) is 1. The molecule has 0 aliphatic heterocycles. The molecule has 4 nitrogen and oxygen atoms in total. The predicted molar refractivity (Wildman–Crippen MR) is 82.1 cm³/mol. The number of nitrogens with zero attached hydrogens (tertiary/aromatic N) is 1. The molecule has 0 aliphatic rings. The quantitative estimate of drug-likeness (QED) is 0.892. The fourth-order valence-electron chi connectivity index (χ4n) is 2.10. The van der Waals surface area contributed by atoms with Crippen molar-refractivity contribution in [2.24, 2.45) is 0 Å². The summed E-state index contributed by atoms with van der Waals surface area (Å²) in [6, 6.07) is 10.4. The van der Waals surface area contributed by atoms with E-state index in [1.54, 1.807) is 12.1 Å². The fourth-order valence-corrected chi connectivity index (χ4v) is 2.10.